The molecule has 1 N–H and O–H groups in total. The lowest BCUT2D eigenvalue weighted by molar-refractivity contribution is 0.246. The second-order valence-corrected chi connectivity index (χ2v) is 5.77. The summed E-state index contributed by atoms with van der Waals surface area (Å²) >= 11 is 12.1. The average molecular weight is 286 g/mol. The standard InChI is InChI=1S/C14H17Cl2NO/c1-2-11(17-18)9-14(6-3-7-14)10-4-5-12(15)13(16)8-10/h4-5,8,18H,2-3,6-7,9H2,1H3. The van der Waals surface area contributed by atoms with Crippen molar-refractivity contribution in [3.63, 3.8) is 0 Å². The molecule has 0 aromatic heterocycles. The van der Waals surface area contributed by atoms with Crippen molar-refractivity contribution in [3.8, 4) is 0 Å². The number of oxime groups is 1. The summed E-state index contributed by atoms with van der Waals surface area (Å²) in [6, 6.07) is 5.84. The molecule has 2 rings (SSSR count). The van der Waals surface area contributed by atoms with Crippen molar-refractivity contribution in [2.24, 2.45) is 5.16 Å². The summed E-state index contributed by atoms with van der Waals surface area (Å²) in [5.74, 6) is 0. The van der Waals surface area contributed by atoms with Crippen molar-refractivity contribution in [3.05, 3.63) is 33.8 Å². The Labute approximate surface area is 118 Å². The van der Waals surface area contributed by atoms with Crippen LogP contribution in [0.3, 0.4) is 0 Å². The zero-order chi connectivity index (χ0) is 13.2. The summed E-state index contributed by atoms with van der Waals surface area (Å²) in [5.41, 5.74) is 2.14. The molecule has 2 nitrogen and oxygen atoms in total. The highest BCUT2D eigenvalue weighted by molar-refractivity contribution is 6.42. The number of hydrogen-bond donors (Lipinski definition) is 1. The quantitative estimate of drug-likeness (QED) is 0.469. The van der Waals surface area contributed by atoms with E-state index in [1.807, 2.05) is 25.1 Å². The second-order valence-electron chi connectivity index (χ2n) is 4.96. The molecule has 1 aliphatic carbocycles. The smallest absolute Gasteiger partial charge is 0.0595 e. The summed E-state index contributed by atoms with van der Waals surface area (Å²) in [6.07, 6.45) is 5.02. The molecule has 0 unspecified atom stereocenters. The molecule has 18 heavy (non-hydrogen) atoms. The van der Waals surface area contributed by atoms with Crippen molar-refractivity contribution in [2.75, 3.05) is 0 Å². The first-order valence-electron chi connectivity index (χ1n) is 6.26. The van der Waals surface area contributed by atoms with E-state index in [9.17, 15) is 0 Å². The molecule has 0 heterocycles. The van der Waals surface area contributed by atoms with Gasteiger partial charge in [-0.2, -0.15) is 0 Å². The van der Waals surface area contributed by atoms with Gasteiger partial charge in [-0.1, -0.05) is 47.8 Å². The molecule has 0 saturated heterocycles. The van der Waals surface area contributed by atoms with Gasteiger partial charge >= 0.3 is 0 Å². The summed E-state index contributed by atoms with van der Waals surface area (Å²) in [6.45, 7) is 2.01. The highest BCUT2D eigenvalue weighted by Crippen LogP contribution is 2.48. The van der Waals surface area contributed by atoms with Gasteiger partial charge < -0.3 is 5.21 Å². The van der Waals surface area contributed by atoms with Crippen LogP contribution in [0, 0.1) is 0 Å². The fourth-order valence-corrected chi connectivity index (χ4v) is 2.92. The highest BCUT2D eigenvalue weighted by Gasteiger charge is 2.39. The Kier molecular flexibility index (Phi) is 4.18. The predicted molar refractivity (Wildman–Crippen MR) is 76.1 cm³/mol. The van der Waals surface area contributed by atoms with Gasteiger partial charge in [-0.15, -0.1) is 0 Å². The van der Waals surface area contributed by atoms with Gasteiger partial charge in [0.2, 0.25) is 0 Å². The molecule has 0 aliphatic heterocycles. The molecule has 0 spiro atoms. The lowest BCUT2D eigenvalue weighted by atomic mass is 9.61. The van der Waals surface area contributed by atoms with Crippen molar-refractivity contribution in [2.45, 2.75) is 44.4 Å². The maximum Gasteiger partial charge on any atom is 0.0595 e. The van der Waals surface area contributed by atoms with Crippen LogP contribution in [0.25, 0.3) is 0 Å². The molecule has 0 atom stereocenters. The molecular formula is C14H17Cl2NO. The van der Waals surface area contributed by atoms with Gasteiger partial charge in [-0.05, 0) is 43.4 Å². The molecule has 4 heteroatoms. The third-order valence-electron chi connectivity index (χ3n) is 3.93. The van der Waals surface area contributed by atoms with Gasteiger partial charge in [0, 0.05) is 5.41 Å². The Bertz CT molecular complexity index is 467. The summed E-state index contributed by atoms with van der Waals surface area (Å²) < 4.78 is 0. The minimum atomic E-state index is 0.0891. The normalized spacial score (nSPS) is 18.5. The molecule has 1 aliphatic rings. The Morgan fingerprint density at radius 1 is 1.33 bits per heavy atom. The highest BCUT2D eigenvalue weighted by atomic mass is 35.5. The van der Waals surface area contributed by atoms with Crippen LogP contribution in [-0.2, 0) is 5.41 Å². The zero-order valence-electron chi connectivity index (χ0n) is 10.4. The van der Waals surface area contributed by atoms with Gasteiger partial charge in [-0.3, -0.25) is 0 Å². The molecule has 98 valence electrons. The van der Waals surface area contributed by atoms with Crippen molar-refractivity contribution in [1.82, 2.24) is 0 Å². The van der Waals surface area contributed by atoms with E-state index in [2.05, 4.69) is 5.16 Å². The van der Waals surface area contributed by atoms with E-state index in [1.165, 1.54) is 12.0 Å². The monoisotopic (exact) mass is 285 g/mol. The van der Waals surface area contributed by atoms with Crippen LogP contribution < -0.4 is 0 Å². The Balaban J connectivity index is 2.29. The van der Waals surface area contributed by atoms with E-state index in [0.29, 0.717) is 10.0 Å². The number of rotatable bonds is 4. The number of hydrogen-bond acceptors (Lipinski definition) is 2. The Morgan fingerprint density at radius 3 is 2.50 bits per heavy atom. The zero-order valence-corrected chi connectivity index (χ0v) is 11.9. The molecule has 0 amide bonds. The largest absolute Gasteiger partial charge is 0.411 e. The van der Waals surface area contributed by atoms with Gasteiger partial charge in [0.05, 0.1) is 15.8 Å². The van der Waals surface area contributed by atoms with Crippen LogP contribution in [0.5, 0.6) is 0 Å². The Morgan fingerprint density at radius 2 is 2.06 bits per heavy atom. The third-order valence-corrected chi connectivity index (χ3v) is 4.67. The number of halogens is 2. The maximum atomic E-state index is 9.00. The van der Waals surface area contributed by atoms with Crippen molar-refractivity contribution >= 4 is 28.9 Å². The topological polar surface area (TPSA) is 32.6 Å². The van der Waals surface area contributed by atoms with Crippen molar-refractivity contribution in [1.29, 1.82) is 0 Å². The predicted octanol–water partition coefficient (Wildman–Crippen LogP) is 5.05. The van der Waals surface area contributed by atoms with E-state index < -0.39 is 0 Å². The van der Waals surface area contributed by atoms with Gasteiger partial charge in [-0.25, -0.2) is 0 Å². The van der Waals surface area contributed by atoms with Crippen LogP contribution >= 0.6 is 23.2 Å². The second kappa shape index (κ2) is 5.50. The summed E-state index contributed by atoms with van der Waals surface area (Å²) in [5, 5.41) is 13.6. The fourth-order valence-electron chi connectivity index (χ4n) is 2.62. The van der Waals surface area contributed by atoms with Crippen LogP contribution in [0.1, 0.15) is 44.6 Å². The first kappa shape index (κ1) is 13.7. The molecule has 1 saturated carbocycles. The SMILES string of the molecule is CCC(CC1(c2ccc(Cl)c(Cl)c2)CCC1)=NO. The van der Waals surface area contributed by atoms with E-state index in [0.717, 1.165) is 31.4 Å². The third kappa shape index (κ3) is 2.50. The first-order valence-corrected chi connectivity index (χ1v) is 7.02. The molecule has 1 aromatic carbocycles. The fraction of sp³-hybridized carbons (Fsp3) is 0.500. The molecule has 1 fully saturated rings. The maximum absolute atomic E-state index is 9.00. The van der Waals surface area contributed by atoms with E-state index in [4.69, 9.17) is 28.4 Å². The van der Waals surface area contributed by atoms with Gasteiger partial charge in [0.25, 0.3) is 0 Å². The Hall–Kier alpha value is -0.730. The lowest BCUT2D eigenvalue weighted by Gasteiger charge is -2.43. The van der Waals surface area contributed by atoms with E-state index in [1.54, 1.807) is 0 Å². The van der Waals surface area contributed by atoms with Gasteiger partial charge in [0.15, 0.2) is 0 Å². The van der Waals surface area contributed by atoms with Crippen LogP contribution in [-0.4, -0.2) is 10.9 Å². The molecule has 1 aromatic rings. The lowest BCUT2D eigenvalue weighted by Crippen LogP contribution is -2.36. The first-order chi connectivity index (χ1) is 8.61. The summed E-state index contributed by atoms with van der Waals surface area (Å²) in [7, 11) is 0. The minimum absolute atomic E-state index is 0.0891. The molecular weight excluding hydrogens is 269 g/mol. The number of benzene rings is 1. The van der Waals surface area contributed by atoms with Crippen LogP contribution in [0.2, 0.25) is 10.0 Å². The average Bonchev–Trinajstić information content (AvgIpc) is 2.33. The summed E-state index contributed by atoms with van der Waals surface area (Å²) in [4.78, 5) is 0. The van der Waals surface area contributed by atoms with Gasteiger partial charge in [0.1, 0.15) is 0 Å². The van der Waals surface area contributed by atoms with Crippen molar-refractivity contribution < 1.29 is 5.21 Å². The van der Waals surface area contributed by atoms with Crippen LogP contribution in [0.4, 0.5) is 0 Å². The van der Waals surface area contributed by atoms with Crippen LogP contribution in [0.15, 0.2) is 23.4 Å². The molecule has 0 bridgehead atoms. The number of nitrogens with zero attached hydrogens (tertiary/aromatic N) is 1. The molecule has 0 radical (unpaired) electrons. The van der Waals surface area contributed by atoms with E-state index >= 15 is 0 Å². The minimum Gasteiger partial charge on any atom is -0.411 e. The van der Waals surface area contributed by atoms with E-state index in [-0.39, 0.29) is 5.41 Å².